The van der Waals surface area contributed by atoms with Crippen LogP contribution in [0.4, 0.5) is 5.69 Å². The third-order valence-electron chi connectivity index (χ3n) is 5.04. The Balaban J connectivity index is 1.73. The van der Waals surface area contributed by atoms with E-state index in [1.807, 2.05) is 24.3 Å². The van der Waals surface area contributed by atoms with Gasteiger partial charge in [0.2, 0.25) is 15.9 Å². The van der Waals surface area contributed by atoms with Crippen LogP contribution < -0.4 is 9.62 Å². The number of aromatic nitrogens is 1. The van der Waals surface area contributed by atoms with Crippen LogP contribution in [0.2, 0.25) is 0 Å². The normalized spacial score (nSPS) is 16.0. The molecule has 1 aliphatic carbocycles. The zero-order chi connectivity index (χ0) is 19.3. The lowest BCUT2D eigenvalue weighted by Crippen LogP contribution is -2.38. The van der Waals surface area contributed by atoms with Crippen molar-refractivity contribution in [2.45, 2.75) is 51.0 Å². The van der Waals surface area contributed by atoms with E-state index in [4.69, 9.17) is 0 Å². The number of nitrogens with one attached hydrogen (secondary N) is 1. The highest BCUT2D eigenvalue weighted by Crippen LogP contribution is 2.27. The first-order valence-corrected chi connectivity index (χ1v) is 11.4. The van der Waals surface area contributed by atoms with E-state index >= 15 is 0 Å². The number of anilines is 1. The van der Waals surface area contributed by atoms with Crippen LogP contribution in [0.15, 0.2) is 36.5 Å². The summed E-state index contributed by atoms with van der Waals surface area (Å²) in [5, 5.41) is 3.95. The maximum Gasteiger partial charge on any atom is 0.232 e. The number of hydrogen-bond acceptors (Lipinski definition) is 4. The number of carbonyl (C=O) groups excluding carboxylic acids is 1. The van der Waals surface area contributed by atoms with Crippen molar-refractivity contribution in [3.05, 3.63) is 36.5 Å². The monoisotopic (exact) mass is 389 g/mol. The fourth-order valence-electron chi connectivity index (χ4n) is 3.68. The number of amides is 1. The summed E-state index contributed by atoms with van der Waals surface area (Å²) < 4.78 is 26.1. The molecule has 0 atom stereocenters. The summed E-state index contributed by atoms with van der Waals surface area (Å²) in [5.41, 5.74) is 1.13. The van der Waals surface area contributed by atoms with Crippen molar-refractivity contribution in [2.24, 2.45) is 0 Å². The summed E-state index contributed by atoms with van der Waals surface area (Å²) in [4.78, 5) is 16.7. The first-order valence-electron chi connectivity index (χ1n) is 9.56. The van der Waals surface area contributed by atoms with E-state index in [-0.39, 0.29) is 24.9 Å². The van der Waals surface area contributed by atoms with Gasteiger partial charge in [-0.25, -0.2) is 8.42 Å². The molecule has 146 valence electrons. The zero-order valence-corrected chi connectivity index (χ0v) is 16.5. The van der Waals surface area contributed by atoms with E-state index in [9.17, 15) is 13.2 Å². The standard InChI is InChI=1S/C20H27N3O3S/c1-27(25,26)23(18-12-6-8-16-9-7-14-21-20(16)18)15-13-19(24)22-17-10-4-2-3-5-11-17/h6-9,12,14,17H,2-5,10-11,13,15H2,1H3,(H,22,24). The number of para-hydroxylation sites is 1. The van der Waals surface area contributed by atoms with Crippen molar-refractivity contribution in [3.8, 4) is 0 Å². The van der Waals surface area contributed by atoms with Crippen LogP contribution in [0, 0.1) is 0 Å². The summed E-state index contributed by atoms with van der Waals surface area (Å²) in [7, 11) is -3.53. The van der Waals surface area contributed by atoms with Gasteiger partial charge in [-0.2, -0.15) is 0 Å². The van der Waals surface area contributed by atoms with Gasteiger partial charge >= 0.3 is 0 Å². The number of fused-ring (bicyclic) bond motifs is 1. The molecule has 0 spiro atoms. The predicted molar refractivity (Wildman–Crippen MR) is 108 cm³/mol. The van der Waals surface area contributed by atoms with Gasteiger partial charge in [-0.05, 0) is 25.0 Å². The van der Waals surface area contributed by atoms with Gasteiger partial charge in [0.05, 0.1) is 17.5 Å². The molecule has 1 N–H and O–H groups in total. The molecule has 1 amide bonds. The molecule has 0 bridgehead atoms. The second kappa shape index (κ2) is 8.69. The van der Waals surface area contributed by atoms with Crippen LogP contribution in [0.5, 0.6) is 0 Å². The third-order valence-corrected chi connectivity index (χ3v) is 6.22. The Bertz CT molecular complexity index is 885. The quantitative estimate of drug-likeness (QED) is 0.769. The van der Waals surface area contributed by atoms with Crippen LogP contribution >= 0.6 is 0 Å². The molecule has 1 saturated carbocycles. The number of nitrogens with zero attached hydrogens (tertiary/aromatic N) is 2. The molecule has 2 aromatic rings. The summed E-state index contributed by atoms with van der Waals surface area (Å²) in [6.45, 7) is 0.104. The van der Waals surface area contributed by atoms with Gasteiger partial charge in [0, 0.05) is 30.6 Å². The van der Waals surface area contributed by atoms with Gasteiger partial charge < -0.3 is 5.32 Å². The Hall–Kier alpha value is -2.15. The molecule has 7 heteroatoms. The Morgan fingerprint density at radius 2 is 1.85 bits per heavy atom. The number of hydrogen-bond donors (Lipinski definition) is 1. The van der Waals surface area contributed by atoms with Crippen molar-refractivity contribution >= 4 is 32.5 Å². The minimum atomic E-state index is -3.53. The van der Waals surface area contributed by atoms with E-state index < -0.39 is 10.0 Å². The van der Waals surface area contributed by atoms with Crippen molar-refractivity contribution in [1.82, 2.24) is 10.3 Å². The Labute approximate surface area is 161 Å². The fourth-order valence-corrected chi connectivity index (χ4v) is 4.61. The lowest BCUT2D eigenvalue weighted by Gasteiger charge is -2.24. The van der Waals surface area contributed by atoms with Crippen LogP contribution in [0.3, 0.4) is 0 Å². The Morgan fingerprint density at radius 3 is 2.56 bits per heavy atom. The minimum absolute atomic E-state index is 0.0938. The van der Waals surface area contributed by atoms with Crippen LogP contribution in [-0.4, -0.2) is 38.2 Å². The summed E-state index contributed by atoms with van der Waals surface area (Å²) in [6.07, 6.45) is 9.69. The minimum Gasteiger partial charge on any atom is -0.353 e. The van der Waals surface area contributed by atoms with E-state index in [0.717, 1.165) is 37.3 Å². The van der Waals surface area contributed by atoms with Crippen molar-refractivity contribution in [1.29, 1.82) is 0 Å². The van der Waals surface area contributed by atoms with E-state index in [1.54, 1.807) is 12.3 Å². The Kier molecular flexibility index (Phi) is 6.31. The average molecular weight is 390 g/mol. The van der Waals surface area contributed by atoms with E-state index in [1.165, 1.54) is 17.1 Å². The second-order valence-corrected chi connectivity index (χ2v) is 9.10. The predicted octanol–water partition coefficient (Wildman–Crippen LogP) is 3.23. The molecule has 0 aliphatic heterocycles. The topological polar surface area (TPSA) is 79.4 Å². The van der Waals surface area contributed by atoms with Crippen LogP contribution in [-0.2, 0) is 14.8 Å². The van der Waals surface area contributed by atoms with Crippen molar-refractivity contribution < 1.29 is 13.2 Å². The molecular weight excluding hydrogens is 362 g/mol. The molecule has 0 radical (unpaired) electrons. The SMILES string of the molecule is CS(=O)(=O)N(CCC(=O)NC1CCCCCC1)c1cccc2cccnc12. The second-order valence-electron chi connectivity index (χ2n) is 7.19. The number of carbonyl (C=O) groups is 1. The van der Waals surface area contributed by atoms with Gasteiger partial charge in [-0.3, -0.25) is 14.1 Å². The molecule has 0 saturated heterocycles. The highest BCUT2D eigenvalue weighted by molar-refractivity contribution is 7.92. The first kappa shape index (κ1) is 19.6. The fraction of sp³-hybridized carbons (Fsp3) is 0.500. The van der Waals surface area contributed by atoms with Crippen molar-refractivity contribution in [3.63, 3.8) is 0 Å². The number of sulfonamides is 1. The summed E-state index contributed by atoms with van der Waals surface area (Å²) in [6, 6.07) is 9.36. The molecule has 27 heavy (non-hydrogen) atoms. The van der Waals surface area contributed by atoms with Gasteiger partial charge in [0.25, 0.3) is 0 Å². The molecule has 0 unspecified atom stereocenters. The van der Waals surface area contributed by atoms with Crippen LogP contribution in [0.1, 0.15) is 44.9 Å². The number of rotatable bonds is 6. The van der Waals surface area contributed by atoms with Gasteiger partial charge in [0.1, 0.15) is 0 Å². The lowest BCUT2D eigenvalue weighted by atomic mass is 10.1. The summed E-state index contributed by atoms with van der Waals surface area (Å²) >= 11 is 0. The highest BCUT2D eigenvalue weighted by Gasteiger charge is 2.22. The van der Waals surface area contributed by atoms with Crippen molar-refractivity contribution in [2.75, 3.05) is 17.1 Å². The first-order chi connectivity index (χ1) is 12.9. The van der Waals surface area contributed by atoms with E-state index in [2.05, 4.69) is 10.3 Å². The maximum absolute atomic E-state index is 12.4. The molecule has 6 nitrogen and oxygen atoms in total. The smallest absolute Gasteiger partial charge is 0.232 e. The largest absolute Gasteiger partial charge is 0.353 e. The molecule has 1 fully saturated rings. The van der Waals surface area contributed by atoms with Gasteiger partial charge in [0.15, 0.2) is 0 Å². The zero-order valence-electron chi connectivity index (χ0n) is 15.7. The summed E-state index contributed by atoms with van der Waals surface area (Å²) in [5.74, 6) is -0.0938. The molecule has 1 aliphatic rings. The molecule has 1 aromatic heterocycles. The number of benzene rings is 1. The average Bonchev–Trinajstić information content (AvgIpc) is 2.89. The maximum atomic E-state index is 12.4. The van der Waals surface area contributed by atoms with Crippen LogP contribution in [0.25, 0.3) is 10.9 Å². The Morgan fingerprint density at radius 1 is 1.15 bits per heavy atom. The molecule has 1 heterocycles. The van der Waals surface area contributed by atoms with Gasteiger partial charge in [-0.1, -0.05) is 43.9 Å². The molecule has 1 aromatic carbocycles. The van der Waals surface area contributed by atoms with E-state index in [0.29, 0.717) is 11.2 Å². The number of pyridine rings is 1. The molecular formula is C20H27N3O3S. The molecule has 3 rings (SSSR count). The highest BCUT2D eigenvalue weighted by atomic mass is 32.2. The lowest BCUT2D eigenvalue weighted by molar-refractivity contribution is -0.121. The van der Waals surface area contributed by atoms with Gasteiger partial charge in [-0.15, -0.1) is 0 Å². The third kappa shape index (κ3) is 5.19.